The molecule has 0 spiro atoms. The molecule has 150 valence electrons. The minimum absolute atomic E-state index is 0.0614. The summed E-state index contributed by atoms with van der Waals surface area (Å²) in [7, 11) is 0. The number of pyridine rings is 1. The normalized spacial score (nSPS) is 11.0. The van der Waals surface area contributed by atoms with E-state index in [9.17, 15) is 9.90 Å². The summed E-state index contributed by atoms with van der Waals surface area (Å²) >= 11 is 0. The van der Waals surface area contributed by atoms with Gasteiger partial charge in [0.2, 0.25) is 0 Å². The number of aryl methyl sites for hydroxylation is 1. The fourth-order valence-electron chi connectivity index (χ4n) is 3.73. The number of aromatic nitrogens is 1. The van der Waals surface area contributed by atoms with Crippen LogP contribution in [0.5, 0.6) is 5.75 Å². The molecule has 5 rings (SSSR count). The average Bonchev–Trinajstić information content (AvgIpc) is 2.80. The molecule has 5 aromatic rings. The van der Waals surface area contributed by atoms with E-state index >= 15 is 0 Å². The second-order valence-electron chi connectivity index (χ2n) is 7.47. The number of hydrogen-bond donors (Lipinski definition) is 1. The van der Waals surface area contributed by atoms with Crippen LogP contribution in [0.2, 0.25) is 0 Å². The fraction of sp³-hybridized carbons (Fsp3) is 0.0370. The summed E-state index contributed by atoms with van der Waals surface area (Å²) in [6.45, 7) is 1.90. The number of hydrogen-bond acceptors (Lipinski definition) is 4. The number of aromatic hydroxyl groups is 1. The third-order valence-electron chi connectivity index (χ3n) is 5.29. The first-order valence-corrected chi connectivity index (χ1v) is 10.00. The Balaban J connectivity index is 1.80. The van der Waals surface area contributed by atoms with Crippen molar-refractivity contribution in [3.63, 3.8) is 0 Å². The molecule has 0 fully saturated rings. The van der Waals surface area contributed by atoms with Crippen molar-refractivity contribution in [2.75, 3.05) is 0 Å². The van der Waals surface area contributed by atoms with Gasteiger partial charge >= 0.3 is 5.63 Å². The quantitative estimate of drug-likeness (QED) is 0.363. The van der Waals surface area contributed by atoms with Crippen molar-refractivity contribution in [3.05, 3.63) is 107 Å². The van der Waals surface area contributed by atoms with Gasteiger partial charge in [-0.05, 0) is 47.9 Å². The minimum atomic E-state index is -0.618. The van der Waals surface area contributed by atoms with Gasteiger partial charge in [0.05, 0.1) is 16.8 Å². The van der Waals surface area contributed by atoms with Gasteiger partial charge in [-0.3, -0.25) is 0 Å². The van der Waals surface area contributed by atoms with Gasteiger partial charge in [0.15, 0.2) is 0 Å². The van der Waals surface area contributed by atoms with Gasteiger partial charge in [0, 0.05) is 5.56 Å². The van der Waals surface area contributed by atoms with Crippen molar-refractivity contribution in [1.29, 1.82) is 0 Å². The van der Waals surface area contributed by atoms with Crippen LogP contribution >= 0.6 is 0 Å². The highest BCUT2D eigenvalue weighted by Gasteiger charge is 2.19. The van der Waals surface area contributed by atoms with E-state index in [1.165, 1.54) is 0 Å². The maximum Gasteiger partial charge on any atom is 0.349 e. The average molecular weight is 405 g/mol. The van der Waals surface area contributed by atoms with Crippen LogP contribution in [0.4, 0.5) is 0 Å². The molecule has 0 saturated carbocycles. The standard InChI is InChI=1S/C27H19NO3/c1-17-12-13-21-24(14-17)31-27(30)25(26(21)29)23-16-20(18-8-4-2-5-9-18)15-22(28-23)19-10-6-3-7-11-19/h2-16,29H,1H3. The topological polar surface area (TPSA) is 63.3 Å². The first-order valence-electron chi connectivity index (χ1n) is 10.00. The lowest BCUT2D eigenvalue weighted by atomic mass is 9.99. The second kappa shape index (κ2) is 7.58. The van der Waals surface area contributed by atoms with Crippen LogP contribution in [0.3, 0.4) is 0 Å². The van der Waals surface area contributed by atoms with E-state index in [4.69, 9.17) is 9.40 Å². The van der Waals surface area contributed by atoms with E-state index in [2.05, 4.69) is 0 Å². The Labute approximate surface area is 179 Å². The Hall–Kier alpha value is -4.18. The largest absolute Gasteiger partial charge is 0.506 e. The molecule has 4 nitrogen and oxygen atoms in total. The summed E-state index contributed by atoms with van der Waals surface area (Å²) < 4.78 is 5.54. The van der Waals surface area contributed by atoms with Crippen molar-refractivity contribution < 1.29 is 9.52 Å². The van der Waals surface area contributed by atoms with E-state index in [0.29, 0.717) is 22.4 Å². The van der Waals surface area contributed by atoms with Crippen LogP contribution in [-0.4, -0.2) is 10.1 Å². The Morgan fingerprint density at radius 3 is 2.10 bits per heavy atom. The molecule has 31 heavy (non-hydrogen) atoms. The molecule has 0 aliphatic carbocycles. The monoisotopic (exact) mass is 405 g/mol. The third kappa shape index (κ3) is 3.49. The lowest BCUT2D eigenvalue weighted by Crippen LogP contribution is -2.05. The zero-order valence-corrected chi connectivity index (χ0v) is 16.9. The summed E-state index contributed by atoms with van der Waals surface area (Å²) in [4.78, 5) is 17.6. The molecule has 0 aliphatic rings. The first kappa shape index (κ1) is 18.8. The summed E-state index contributed by atoms with van der Waals surface area (Å²) in [6, 6.07) is 28.8. The number of benzene rings is 3. The Kier molecular flexibility index (Phi) is 4.60. The lowest BCUT2D eigenvalue weighted by molar-refractivity contribution is 0.471. The minimum Gasteiger partial charge on any atom is -0.506 e. The summed E-state index contributed by atoms with van der Waals surface area (Å²) in [6.07, 6.45) is 0. The molecule has 0 bridgehead atoms. The van der Waals surface area contributed by atoms with Crippen molar-refractivity contribution in [1.82, 2.24) is 4.98 Å². The highest BCUT2D eigenvalue weighted by atomic mass is 16.4. The van der Waals surface area contributed by atoms with Crippen LogP contribution in [0.25, 0.3) is 44.6 Å². The molecule has 2 heterocycles. The molecule has 0 amide bonds. The van der Waals surface area contributed by atoms with Crippen LogP contribution < -0.4 is 5.63 Å². The molecule has 3 aromatic carbocycles. The van der Waals surface area contributed by atoms with Gasteiger partial charge in [-0.1, -0.05) is 66.7 Å². The van der Waals surface area contributed by atoms with Crippen LogP contribution in [0.1, 0.15) is 5.56 Å². The molecule has 0 unspecified atom stereocenters. The van der Waals surface area contributed by atoms with E-state index in [-0.39, 0.29) is 11.3 Å². The Morgan fingerprint density at radius 2 is 1.39 bits per heavy atom. The van der Waals surface area contributed by atoms with Crippen LogP contribution in [0.15, 0.2) is 100 Å². The molecule has 0 radical (unpaired) electrons. The fourth-order valence-corrected chi connectivity index (χ4v) is 3.73. The molecule has 0 atom stereocenters. The van der Waals surface area contributed by atoms with Gasteiger partial charge in [-0.2, -0.15) is 0 Å². The molecule has 4 heteroatoms. The molecule has 0 aliphatic heterocycles. The zero-order chi connectivity index (χ0) is 21.4. The van der Waals surface area contributed by atoms with Gasteiger partial charge in [0.25, 0.3) is 0 Å². The maximum absolute atomic E-state index is 12.9. The molecular weight excluding hydrogens is 386 g/mol. The third-order valence-corrected chi connectivity index (χ3v) is 5.29. The number of rotatable bonds is 3. The SMILES string of the molecule is Cc1ccc2c(O)c(-c3cc(-c4ccccc4)cc(-c4ccccc4)n3)c(=O)oc2c1. The van der Waals surface area contributed by atoms with Gasteiger partial charge < -0.3 is 9.52 Å². The van der Waals surface area contributed by atoms with Crippen molar-refractivity contribution in [2.24, 2.45) is 0 Å². The van der Waals surface area contributed by atoms with Gasteiger partial charge in [-0.25, -0.2) is 9.78 Å². The Morgan fingerprint density at radius 1 is 0.742 bits per heavy atom. The van der Waals surface area contributed by atoms with Gasteiger partial charge in [0.1, 0.15) is 16.9 Å². The van der Waals surface area contributed by atoms with Crippen LogP contribution in [0, 0.1) is 6.92 Å². The highest BCUT2D eigenvalue weighted by molar-refractivity contribution is 5.91. The van der Waals surface area contributed by atoms with Crippen LogP contribution in [-0.2, 0) is 0 Å². The number of fused-ring (bicyclic) bond motifs is 1. The maximum atomic E-state index is 12.9. The van der Waals surface area contributed by atoms with Crippen molar-refractivity contribution in [2.45, 2.75) is 6.92 Å². The smallest absolute Gasteiger partial charge is 0.349 e. The predicted octanol–water partition coefficient (Wildman–Crippen LogP) is 6.20. The van der Waals surface area contributed by atoms with E-state index < -0.39 is 5.63 Å². The lowest BCUT2D eigenvalue weighted by Gasteiger charge is -2.11. The summed E-state index contributed by atoms with van der Waals surface area (Å²) in [5.74, 6) is -0.122. The van der Waals surface area contributed by atoms with E-state index in [1.807, 2.05) is 85.8 Å². The first-order chi connectivity index (χ1) is 15.1. The summed E-state index contributed by atoms with van der Waals surface area (Å²) in [5.41, 5.74) is 4.62. The second-order valence-corrected chi connectivity index (χ2v) is 7.47. The predicted molar refractivity (Wildman–Crippen MR) is 123 cm³/mol. The molecule has 2 aromatic heterocycles. The summed E-state index contributed by atoms with van der Waals surface area (Å²) in [5, 5.41) is 11.5. The van der Waals surface area contributed by atoms with Crippen molar-refractivity contribution in [3.8, 4) is 39.4 Å². The van der Waals surface area contributed by atoms with Crippen molar-refractivity contribution >= 4 is 11.0 Å². The Bertz CT molecular complexity index is 1400. The number of nitrogens with zero attached hydrogens (tertiary/aromatic N) is 1. The van der Waals surface area contributed by atoms with E-state index in [1.54, 1.807) is 12.1 Å². The molecule has 0 saturated heterocycles. The van der Waals surface area contributed by atoms with E-state index in [0.717, 1.165) is 22.3 Å². The van der Waals surface area contributed by atoms with Gasteiger partial charge in [-0.15, -0.1) is 0 Å². The molecule has 1 N–H and O–H groups in total. The zero-order valence-electron chi connectivity index (χ0n) is 16.9. The highest BCUT2D eigenvalue weighted by Crippen LogP contribution is 2.36. The molecular formula is C27H19NO3.